The van der Waals surface area contributed by atoms with Gasteiger partial charge in [-0.2, -0.15) is 0 Å². The topological polar surface area (TPSA) is 71.2 Å². The maximum absolute atomic E-state index is 13.2. The summed E-state index contributed by atoms with van der Waals surface area (Å²) in [6.45, 7) is 0. The molecule has 0 aliphatic heterocycles. The molecule has 1 amide bonds. The van der Waals surface area contributed by atoms with Crippen LogP contribution in [0.4, 0.5) is 10.1 Å². The average molecular weight is 262 g/mol. The zero-order valence-electron chi connectivity index (χ0n) is 10.1. The van der Waals surface area contributed by atoms with Gasteiger partial charge in [0.05, 0.1) is 7.11 Å². The van der Waals surface area contributed by atoms with E-state index in [4.69, 9.17) is 4.74 Å². The third-order valence-corrected chi connectivity index (χ3v) is 2.48. The van der Waals surface area contributed by atoms with E-state index in [2.05, 4.69) is 10.3 Å². The van der Waals surface area contributed by atoms with E-state index < -0.39 is 17.2 Å². The maximum atomic E-state index is 13.2. The molecule has 6 heteroatoms. The van der Waals surface area contributed by atoms with Gasteiger partial charge in [0.2, 0.25) is 0 Å². The summed E-state index contributed by atoms with van der Waals surface area (Å²) < 4.78 is 18.0. The number of hydrogen-bond donors (Lipinski definition) is 2. The molecule has 98 valence electrons. The summed E-state index contributed by atoms with van der Waals surface area (Å²) in [6, 6.07) is 5.14. The molecule has 5 nitrogen and oxygen atoms in total. The van der Waals surface area contributed by atoms with E-state index in [1.807, 2.05) is 0 Å². The second-order valence-corrected chi connectivity index (χ2v) is 3.73. The largest absolute Gasteiger partial charge is 0.494 e. The molecule has 0 aliphatic carbocycles. The van der Waals surface area contributed by atoms with Crippen molar-refractivity contribution in [3.05, 3.63) is 58.3 Å². The first-order valence-electron chi connectivity index (χ1n) is 5.44. The van der Waals surface area contributed by atoms with Gasteiger partial charge in [0, 0.05) is 30.2 Å². The minimum absolute atomic E-state index is 0.0137. The van der Waals surface area contributed by atoms with Gasteiger partial charge in [-0.1, -0.05) is 0 Å². The summed E-state index contributed by atoms with van der Waals surface area (Å²) >= 11 is 0. The van der Waals surface area contributed by atoms with Crippen molar-refractivity contribution in [2.75, 3.05) is 12.4 Å². The fourth-order valence-electron chi connectivity index (χ4n) is 1.53. The Balaban J connectivity index is 2.25. The minimum atomic E-state index is -0.574. The molecule has 19 heavy (non-hydrogen) atoms. The number of methoxy groups -OCH3 is 1. The van der Waals surface area contributed by atoms with Gasteiger partial charge < -0.3 is 15.0 Å². The van der Waals surface area contributed by atoms with Crippen LogP contribution in [0.1, 0.15) is 10.4 Å². The Hall–Kier alpha value is -2.63. The lowest BCUT2D eigenvalue weighted by Gasteiger charge is -2.07. The maximum Gasteiger partial charge on any atom is 0.261 e. The molecule has 0 saturated carbocycles. The second kappa shape index (κ2) is 5.34. The summed E-state index contributed by atoms with van der Waals surface area (Å²) in [5.41, 5.74) is -0.0809. The normalized spacial score (nSPS) is 10.0. The number of pyridine rings is 1. The zero-order valence-corrected chi connectivity index (χ0v) is 10.1. The lowest BCUT2D eigenvalue weighted by Crippen LogP contribution is -2.20. The lowest BCUT2D eigenvalue weighted by atomic mass is 10.2. The first-order valence-corrected chi connectivity index (χ1v) is 5.44. The fourth-order valence-corrected chi connectivity index (χ4v) is 1.53. The molecular formula is C13H11FN2O3. The van der Waals surface area contributed by atoms with E-state index in [0.29, 0.717) is 5.69 Å². The monoisotopic (exact) mass is 262 g/mol. The number of halogens is 1. The number of nitrogens with one attached hydrogen (secondary N) is 2. The molecule has 0 unspecified atom stereocenters. The van der Waals surface area contributed by atoms with Crippen molar-refractivity contribution >= 4 is 11.6 Å². The summed E-state index contributed by atoms with van der Waals surface area (Å²) in [4.78, 5) is 26.0. The number of H-pyrrole nitrogens is 1. The number of amides is 1. The van der Waals surface area contributed by atoms with Crippen LogP contribution in [0, 0.1) is 5.82 Å². The van der Waals surface area contributed by atoms with Crippen LogP contribution in [0.5, 0.6) is 5.75 Å². The van der Waals surface area contributed by atoms with Crippen LogP contribution in [0.2, 0.25) is 0 Å². The summed E-state index contributed by atoms with van der Waals surface area (Å²) in [7, 11) is 1.33. The highest BCUT2D eigenvalue weighted by Gasteiger charge is 2.11. The lowest BCUT2D eigenvalue weighted by molar-refractivity contribution is 0.102. The van der Waals surface area contributed by atoms with Crippen molar-refractivity contribution in [2.24, 2.45) is 0 Å². The number of anilines is 1. The molecule has 0 saturated heterocycles. The number of rotatable bonds is 3. The summed E-state index contributed by atoms with van der Waals surface area (Å²) in [5.74, 6) is -1.09. The van der Waals surface area contributed by atoms with Crippen molar-refractivity contribution in [2.45, 2.75) is 0 Å². The van der Waals surface area contributed by atoms with Gasteiger partial charge in [0.15, 0.2) is 17.0 Å². The van der Waals surface area contributed by atoms with Crippen LogP contribution in [0.15, 0.2) is 41.5 Å². The molecule has 0 bridgehead atoms. The summed E-state index contributed by atoms with van der Waals surface area (Å²) in [6.07, 6.45) is 2.73. The third kappa shape index (κ3) is 2.79. The van der Waals surface area contributed by atoms with Gasteiger partial charge in [-0.25, -0.2) is 4.39 Å². The molecule has 0 fully saturated rings. The molecule has 0 spiro atoms. The van der Waals surface area contributed by atoms with E-state index in [9.17, 15) is 14.0 Å². The predicted octanol–water partition coefficient (Wildman–Crippen LogP) is 1.77. The molecule has 1 heterocycles. The smallest absolute Gasteiger partial charge is 0.261 e. The van der Waals surface area contributed by atoms with Crippen molar-refractivity contribution < 1.29 is 13.9 Å². The van der Waals surface area contributed by atoms with Crippen molar-refractivity contribution in [1.82, 2.24) is 4.98 Å². The number of carbonyl (C=O) groups is 1. The van der Waals surface area contributed by atoms with Gasteiger partial charge in [0.25, 0.3) is 5.91 Å². The van der Waals surface area contributed by atoms with Gasteiger partial charge in [0.1, 0.15) is 5.56 Å². The summed E-state index contributed by atoms with van der Waals surface area (Å²) in [5, 5.41) is 2.50. The number of aromatic nitrogens is 1. The van der Waals surface area contributed by atoms with Crippen LogP contribution < -0.4 is 15.5 Å². The molecule has 2 rings (SSSR count). The van der Waals surface area contributed by atoms with Gasteiger partial charge in [-0.15, -0.1) is 0 Å². The molecule has 1 aromatic carbocycles. The highest BCUT2D eigenvalue weighted by molar-refractivity contribution is 6.04. The highest BCUT2D eigenvalue weighted by atomic mass is 19.1. The number of benzene rings is 1. The SMILES string of the molecule is COc1cc(NC(=O)c2c[nH]ccc2=O)ccc1F. The van der Waals surface area contributed by atoms with Gasteiger partial charge >= 0.3 is 0 Å². The van der Waals surface area contributed by atoms with E-state index in [1.54, 1.807) is 0 Å². The number of hydrogen-bond acceptors (Lipinski definition) is 3. The molecule has 0 aliphatic rings. The molecule has 2 N–H and O–H groups in total. The van der Waals surface area contributed by atoms with Gasteiger partial charge in [-0.3, -0.25) is 9.59 Å². The predicted molar refractivity (Wildman–Crippen MR) is 68.0 cm³/mol. The Morgan fingerprint density at radius 2 is 2.16 bits per heavy atom. The van der Waals surface area contributed by atoms with Crippen LogP contribution in [-0.2, 0) is 0 Å². The highest BCUT2D eigenvalue weighted by Crippen LogP contribution is 2.21. The van der Waals surface area contributed by atoms with E-state index >= 15 is 0 Å². The van der Waals surface area contributed by atoms with Crippen LogP contribution in [-0.4, -0.2) is 18.0 Å². The Labute approximate surface area is 108 Å². The third-order valence-electron chi connectivity index (χ3n) is 2.48. The Morgan fingerprint density at radius 3 is 2.84 bits per heavy atom. The Morgan fingerprint density at radius 1 is 1.37 bits per heavy atom. The van der Waals surface area contributed by atoms with Crippen LogP contribution in [0.3, 0.4) is 0 Å². The number of ether oxygens (including phenoxy) is 1. The number of carbonyl (C=O) groups excluding carboxylic acids is 1. The molecule has 0 radical (unpaired) electrons. The molecule has 1 aromatic heterocycles. The zero-order chi connectivity index (χ0) is 13.8. The Bertz CT molecular complexity index is 667. The van der Waals surface area contributed by atoms with Gasteiger partial charge in [-0.05, 0) is 12.1 Å². The standard InChI is InChI=1S/C13H11FN2O3/c1-19-12-6-8(2-3-10(12)14)16-13(18)9-7-15-5-4-11(9)17/h2-7H,1H3,(H,15,17)(H,16,18). The fraction of sp³-hybridized carbons (Fsp3) is 0.0769. The van der Waals surface area contributed by atoms with Crippen LogP contribution in [0.25, 0.3) is 0 Å². The van der Waals surface area contributed by atoms with Crippen molar-refractivity contribution in [1.29, 1.82) is 0 Å². The van der Waals surface area contributed by atoms with E-state index in [1.165, 1.54) is 43.8 Å². The average Bonchev–Trinajstić information content (AvgIpc) is 2.41. The Kier molecular flexibility index (Phi) is 3.61. The van der Waals surface area contributed by atoms with E-state index in [0.717, 1.165) is 0 Å². The second-order valence-electron chi connectivity index (χ2n) is 3.73. The molecule has 2 aromatic rings. The van der Waals surface area contributed by atoms with Crippen molar-refractivity contribution in [3.8, 4) is 5.75 Å². The first-order chi connectivity index (χ1) is 9.11. The number of aromatic amines is 1. The van der Waals surface area contributed by atoms with Crippen molar-refractivity contribution in [3.63, 3.8) is 0 Å². The first kappa shape index (κ1) is 12.8. The minimum Gasteiger partial charge on any atom is -0.494 e. The molecular weight excluding hydrogens is 251 g/mol. The molecule has 0 atom stereocenters. The van der Waals surface area contributed by atoms with E-state index in [-0.39, 0.29) is 11.3 Å². The van der Waals surface area contributed by atoms with Crippen LogP contribution >= 0.6 is 0 Å². The quantitative estimate of drug-likeness (QED) is 0.885.